The van der Waals surface area contributed by atoms with Crippen LogP contribution in [0.15, 0.2) is 60.8 Å². The van der Waals surface area contributed by atoms with E-state index in [1.807, 2.05) is 24.3 Å². The number of anilines is 1. The number of hydrogen-bond donors (Lipinski definition) is 2. The van der Waals surface area contributed by atoms with E-state index >= 15 is 0 Å². The van der Waals surface area contributed by atoms with E-state index in [0.717, 1.165) is 83.2 Å². The number of para-hydroxylation sites is 1. The second-order valence-corrected chi connectivity index (χ2v) is 11.0. The van der Waals surface area contributed by atoms with Gasteiger partial charge in [-0.2, -0.15) is 4.57 Å². The van der Waals surface area contributed by atoms with E-state index in [0.29, 0.717) is 6.61 Å². The molecule has 3 aromatic carbocycles. The number of pyridine rings is 1. The number of nitrogens with one attached hydrogen (secondary N) is 2. The maximum Gasteiger partial charge on any atom is 0.231 e. The molecule has 0 atom stereocenters. The highest BCUT2D eigenvalue weighted by atomic mass is 32.1. The Morgan fingerprint density at radius 1 is 1.02 bits per heavy atom. The van der Waals surface area contributed by atoms with Crippen LogP contribution in [-0.4, -0.2) is 32.0 Å². The number of aromatic nitrogens is 2. The number of benzene rings is 3. The van der Waals surface area contributed by atoms with Gasteiger partial charge in [0.1, 0.15) is 0 Å². The molecule has 0 radical (unpaired) electrons. The van der Waals surface area contributed by atoms with Crippen LogP contribution in [0.5, 0.6) is 23.0 Å². The number of fused-ring (bicyclic) bond motifs is 6. The van der Waals surface area contributed by atoms with Gasteiger partial charge in [-0.15, -0.1) is 0 Å². The van der Waals surface area contributed by atoms with Crippen molar-refractivity contribution in [2.45, 2.75) is 32.2 Å². The van der Waals surface area contributed by atoms with Crippen LogP contribution in [0, 0.1) is 0 Å². The first-order valence-electron chi connectivity index (χ1n) is 13.7. The lowest BCUT2D eigenvalue weighted by Crippen LogP contribution is -2.40. The largest absolute Gasteiger partial charge is 0.493 e. The van der Waals surface area contributed by atoms with Crippen LogP contribution in [0.1, 0.15) is 24.8 Å². The highest BCUT2D eigenvalue weighted by Crippen LogP contribution is 2.41. The van der Waals surface area contributed by atoms with Gasteiger partial charge in [0.2, 0.25) is 12.5 Å². The molecule has 0 aliphatic carbocycles. The minimum atomic E-state index is 0.286. The molecular formula is C31H31N4O4S+. The molecule has 4 heterocycles. The molecular weight excluding hydrogens is 524 g/mol. The van der Waals surface area contributed by atoms with Crippen molar-refractivity contribution in [1.29, 1.82) is 0 Å². The molecule has 7 rings (SSSR count). The van der Waals surface area contributed by atoms with E-state index in [4.69, 9.17) is 18.9 Å². The van der Waals surface area contributed by atoms with E-state index in [-0.39, 0.29) is 6.79 Å². The van der Waals surface area contributed by atoms with E-state index < -0.39 is 0 Å². The number of thiazole rings is 1. The summed E-state index contributed by atoms with van der Waals surface area (Å²) in [7, 11) is 1.70. The molecule has 0 saturated heterocycles. The van der Waals surface area contributed by atoms with Crippen molar-refractivity contribution in [3.63, 3.8) is 0 Å². The molecule has 0 bridgehead atoms. The minimum absolute atomic E-state index is 0.286. The lowest BCUT2D eigenvalue weighted by atomic mass is 9.95. The lowest BCUT2D eigenvalue weighted by Gasteiger charge is -2.18. The molecule has 8 nitrogen and oxygen atoms in total. The van der Waals surface area contributed by atoms with Crippen molar-refractivity contribution in [3.05, 3.63) is 66.4 Å². The van der Waals surface area contributed by atoms with E-state index in [2.05, 4.69) is 56.9 Å². The molecule has 2 aliphatic rings. The zero-order chi connectivity index (χ0) is 26.9. The third-order valence-electron chi connectivity index (χ3n) is 7.48. The first-order chi connectivity index (χ1) is 19.8. The van der Waals surface area contributed by atoms with Crippen LogP contribution < -0.4 is 34.4 Å². The number of nitrogens with zero attached hydrogens (tertiary/aromatic N) is 2. The maximum atomic E-state index is 6.35. The molecule has 0 unspecified atom stereocenters. The minimum Gasteiger partial charge on any atom is -0.493 e. The number of methoxy groups -OCH3 is 1. The van der Waals surface area contributed by atoms with Gasteiger partial charge in [0.05, 0.1) is 34.9 Å². The third kappa shape index (κ3) is 4.76. The van der Waals surface area contributed by atoms with Crippen molar-refractivity contribution < 1.29 is 23.5 Å². The van der Waals surface area contributed by atoms with Gasteiger partial charge in [0.15, 0.2) is 40.9 Å². The van der Waals surface area contributed by atoms with Crippen LogP contribution in [0.3, 0.4) is 0 Å². The van der Waals surface area contributed by atoms with Crippen molar-refractivity contribution in [2.24, 2.45) is 0 Å². The number of hydrazine groups is 1. The Kier molecular flexibility index (Phi) is 6.75. The zero-order valence-corrected chi connectivity index (χ0v) is 23.2. The predicted octanol–water partition coefficient (Wildman–Crippen LogP) is 5.86. The fraction of sp³-hybridized carbons (Fsp3) is 0.290. The first kappa shape index (κ1) is 24.9. The number of ether oxygens (including phenoxy) is 4. The molecule has 9 heteroatoms. The number of rotatable bonds is 10. The van der Waals surface area contributed by atoms with Gasteiger partial charge in [-0.1, -0.05) is 23.5 Å². The maximum absolute atomic E-state index is 6.35. The molecule has 40 heavy (non-hydrogen) atoms. The summed E-state index contributed by atoms with van der Waals surface area (Å²) in [6.07, 6.45) is 6.19. The second kappa shape index (κ2) is 10.8. The van der Waals surface area contributed by atoms with E-state index in [1.54, 1.807) is 18.4 Å². The van der Waals surface area contributed by atoms with Crippen molar-refractivity contribution >= 4 is 37.5 Å². The molecule has 0 amide bonds. The SMILES string of the molecule is COc1ccc2cc3[n+](cc2c1OCCCCCNNc1nc2ccccc2s1)CCc1cc2c(cc1-3)OCO2. The van der Waals surface area contributed by atoms with Gasteiger partial charge in [0.25, 0.3) is 0 Å². The summed E-state index contributed by atoms with van der Waals surface area (Å²) in [5.41, 5.74) is 11.2. The Hall–Kier alpha value is -4.08. The molecule has 0 fully saturated rings. The molecule has 2 N–H and O–H groups in total. The molecule has 204 valence electrons. The summed E-state index contributed by atoms with van der Waals surface area (Å²) in [5, 5.41) is 3.08. The Morgan fingerprint density at radius 2 is 1.93 bits per heavy atom. The van der Waals surface area contributed by atoms with Gasteiger partial charge in [-0.05, 0) is 66.6 Å². The van der Waals surface area contributed by atoms with Crippen LogP contribution >= 0.6 is 11.3 Å². The van der Waals surface area contributed by atoms with Crippen LogP contribution in [0.25, 0.3) is 32.2 Å². The summed E-state index contributed by atoms with van der Waals surface area (Å²) in [6.45, 7) is 2.67. The van der Waals surface area contributed by atoms with E-state index in [1.165, 1.54) is 21.5 Å². The fourth-order valence-electron chi connectivity index (χ4n) is 5.44. The molecule has 5 aromatic rings. The van der Waals surface area contributed by atoms with Gasteiger partial charge in [-0.3, -0.25) is 5.43 Å². The fourth-order valence-corrected chi connectivity index (χ4v) is 6.28. The summed E-state index contributed by atoms with van der Waals surface area (Å²) >= 11 is 1.65. The highest BCUT2D eigenvalue weighted by Gasteiger charge is 2.28. The van der Waals surface area contributed by atoms with Gasteiger partial charge >= 0.3 is 0 Å². The summed E-state index contributed by atoms with van der Waals surface area (Å²) in [5.74, 6) is 3.22. The standard InChI is InChI=1S/C31H31N4O4S/c1-36-26-10-9-20-15-25-22-17-28-27(38-19-39-28)16-21(22)11-13-35(25)18-23(20)30(26)37-14-6-2-5-12-32-34-31-33-24-7-3-4-8-29(24)40-31/h3-4,7-10,15-18,32H,2,5-6,11-14,19H2,1H3,(H,33,34)/q+1. The van der Waals surface area contributed by atoms with Gasteiger partial charge < -0.3 is 18.9 Å². The first-order valence-corrected chi connectivity index (χ1v) is 14.5. The Morgan fingerprint density at radius 3 is 2.83 bits per heavy atom. The molecule has 0 saturated carbocycles. The summed E-state index contributed by atoms with van der Waals surface area (Å²) in [6, 6.07) is 18.7. The van der Waals surface area contributed by atoms with Crippen LogP contribution in [-0.2, 0) is 13.0 Å². The smallest absolute Gasteiger partial charge is 0.231 e. The predicted molar refractivity (Wildman–Crippen MR) is 157 cm³/mol. The molecule has 2 aliphatic heterocycles. The highest BCUT2D eigenvalue weighted by molar-refractivity contribution is 7.22. The van der Waals surface area contributed by atoms with Crippen LogP contribution in [0.4, 0.5) is 5.13 Å². The van der Waals surface area contributed by atoms with Gasteiger partial charge in [-0.25, -0.2) is 10.4 Å². The Balaban J connectivity index is 0.984. The average molecular weight is 556 g/mol. The lowest BCUT2D eigenvalue weighted by molar-refractivity contribution is -0.686. The normalized spacial score (nSPS) is 13.3. The zero-order valence-electron chi connectivity index (χ0n) is 22.4. The van der Waals surface area contributed by atoms with Crippen molar-refractivity contribution in [2.75, 3.05) is 32.5 Å². The molecule has 0 spiro atoms. The Bertz CT molecular complexity index is 1670. The number of hydrogen-bond acceptors (Lipinski definition) is 8. The van der Waals surface area contributed by atoms with Crippen molar-refractivity contribution in [1.82, 2.24) is 10.4 Å². The summed E-state index contributed by atoms with van der Waals surface area (Å²) in [4.78, 5) is 4.59. The third-order valence-corrected chi connectivity index (χ3v) is 8.43. The number of unbranched alkanes of at least 4 members (excludes halogenated alkanes) is 2. The monoisotopic (exact) mass is 555 g/mol. The van der Waals surface area contributed by atoms with Gasteiger partial charge in [0, 0.05) is 19.0 Å². The average Bonchev–Trinajstić information content (AvgIpc) is 3.62. The quantitative estimate of drug-likeness (QED) is 0.127. The van der Waals surface area contributed by atoms with Crippen LogP contribution in [0.2, 0.25) is 0 Å². The topological polar surface area (TPSA) is 77.8 Å². The summed E-state index contributed by atoms with van der Waals surface area (Å²) < 4.78 is 26.8. The van der Waals surface area contributed by atoms with Crippen molar-refractivity contribution in [3.8, 4) is 34.3 Å². The molecule has 2 aromatic heterocycles. The Labute approximate surface area is 236 Å². The van der Waals surface area contributed by atoms with E-state index in [9.17, 15) is 0 Å². The number of aryl methyl sites for hydroxylation is 2. The second-order valence-electron chi connectivity index (χ2n) is 10.0.